The summed E-state index contributed by atoms with van der Waals surface area (Å²) in [5, 5.41) is 8.85. The summed E-state index contributed by atoms with van der Waals surface area (Å²) in [5.74, 6) is -0.982. The van der Waals surface area contributed by atoms with E-state index in [1.54, 1.807) is 6.07 Å². The number of oxazole rings is 1. The molecule has 17 heavy (non-hydrogen) atoms. The predicted octanol–water partition coefficient (Wildman–Crippen LogP) is 2.46. The van der Waals surface area contributed by atoms with Crippen molar-refractivity contribution in [2.24, 2.45) is 0 Å². The minimum absolute atomic E-state index is 0.184. The lowest BCUT2D eigenvalue weighted by molar-refractivity contribution is 0.0696. The first kappa shape index (κ1) is 10.1. The van der Waals surface area contributed by atoms with E-state index in [1.807, 2.05) is 0 Å². The molecule has 0 amide bonds. The lowest BCUT2D eigenvalue weighted by Gasteiger charge is -2.23. The van der Waals surface area contributed by atoms with Crippen LogP contribution in [0.25, 0.3) is 11.1 Å². The molecule has 0 aliphatic heterocycles. The van der Waals surface area contributed by atoms with Crippen LogP contribution >= 0.6 is 0 Å². The van der Waals surface area contributed by atoms with Gasteiger partial charge in [0.15, 0.2) is 5.58 Å². The summed E-state index contributed by atoms with van der Waals surface area (Å²) >= 11 is 0. The Kier molecular flexibility index (Phi) is 2.24. The van der Waals surface area contributed by atoms with Crippen LogP contribution < -0.4 is 4.74 Å². The van der Waals surface area contributed by atoms with Crippen LogP contribution in [0.1, 0.15) is 29.6 Å². The van der Waals surface area contributed by atoms with Gasteiger partial charge < -0.3 is 14.3 Å². The van der Waals surface area contributed by atoms with E-state index in [2.05, 4.69) is 4.98 Å². The summed E-state index contributed by atoms with van der Waals surface area (Å²) in [6.07, 6.45) is 3.65. The van der Waals surface area contributed by atoms with Crippen molar-refractivity contribution in [3.05, 3.63) is 23.8 Å². The molecule has 5 heteroatoms. The molecule has 1 aliphatic rings. The lowest BCUT2D eigenvalue weighted by Crippen LogP contribution is -2.24. The molecule has 0 saturated heterocycles. The quantitative estimate of drug-likeness (QED) is 0.881. The van der Waals surface area contributed by atoms with Crippen molar-refractivity contribution in [3.8, 4) is 6.08 Å². The maximum Gasteiger partial charge on any atom is 0.394 e. The number of carboxylic acid groups (broad SMARTS) is 1. The molecule has 0 radical (unpaired) electrons. The highest BCUT2D eigenvalue weighted by molar-refractivity contribution is 5.91. The molecule has 0 atom stereocenters. The Morgan fingerprint density at radius 2 is 2.29 bits per heavy atom. The van der Waals surface area contributed by atoms with E-state index in [9.17, 15) is 4.79 Å². The van der Waals surface area contributed by atoms with Gasteiger partial charge in [0.05, 0.1) is 5.56 Å². The highest BCUT2D eigenvalue weighted by Crippen LogP contribution is 2.27. The molecule has 0 bridgehead atoms. The number of hydrogen-bond acceptors (Lipinski definition) is 4. The fourth-order valence-corrected chi connectivity index (χ4v) is 1.72. The van der Waals surface area contributed by atoms with Crippen molar-refractivity contribution in [2.75, 3.05) is 0 Å². The van der Waals surface area contributed by atoms with Crippen LogP contribution in [0.4, 0.5) is 0 Å². The molecule has 1 fully saturated rings. The van der Waals surface area contributed by atoms with Gasteiger partial charge >= 0.3 is 12.0 Å². The van der Waals surface area contributed by atoms with Crippen molar-refractivity contribution in [1.29, 1.82) is 0 Å². The second-order valence-corrected chi connectivity index (χ2v) is 4.14. The zero-order chi connectivity index (χ0) is 11.8. The molecule has 1 aromatic carbocycles. The third-order valence-corrected chi connectivity index (χ3v) is 2.94. The van der Waals surface area contributed by atoms with E-state index >= 15 is 0 Å². The van der Waals surface area contributed by atoms with Crippen LogP contribution in [0.5, 0.6) is 6.08 Å². The van der Waals surface area contributed by atoms with E-state index in [4.69, 9.17) is 14.3 Å². The maximum absolute atomic E-state index is 10.8. The Morgan fingerprint density at radius 3 is 2.94 bits per heavy atom. The van der Waals surface area contributed by atoms with Gasteiger partial charge in [0, 0.05) is 0 Å². The first-order valence-electron chi connectivity index (χ1n) is 5.53. The number of nitrogens with zero attached hydrogens (tertiary/aromatic N) is 1. The zero-order valence-electron chi connectivity index (χ0n) is 9.05. The highest BCUT2D eigenvalue weighted by Gasteiger charge is 2.21. The molecule has 1 heterocycles. The van der Waals surface area contributed by atoms with Gasteiger partial charge in [-0.1, -0.05) is 0 Å². The molecule has 3 rings (SSSR count). The molecule has 1 aromatic heterocycles. The number of fused-ring (bicyclic) bond motifs is 1. The van der Waals surface area contributed by atoms with Crippen LogP contribution in [0.15, 0.2) is 22.6 Å². The summed E-state index contributed by atoms with van der Waals surface area (Å²) in [6.45, 7) is 0. The van der Waals surface area contributed by atoms with Gasteiger partial charge in [0.25, 0.3) is 0 Å². The van der Waals surface area contributed by atoms with Gasteiger partial charge in [-0.2, -0.15) is 4.98 Å². The second-order valence-electron chi connectivity index (χ2n) is 4.14. The minimum atomic E-state index is -0.982. The van der Waals surface area contributed by atoms with Crippen molar-refractivity contribution in [2.45, 2.75) is 25.4 Å². The normalized spacial score (nSPS) is 15.8. The summed E-state index contributed by atoms with van der Waals surface area (Å²) in [4.78, 5) is 14.9. The second kappa shape index (κ2) is 3.76. The Labute approximate surface area is 97.0 Å². The summed E-state index contributed by atoms with van der Waals surface area (Å²) in [6, 6.07) is 4.58. The van der Waals surface area contributed by atoms with Gasteiger partial charge in [0.2, 0.25) is 0 Å². The number of aromatic nitrogens is 1. The van der Waals surface area contributed by atoms with Crippen LogP contribution in [0, 0.1) is 0 Å². The van der Waals surface area contributed by atoms with E-state index in [-0.39, 0.29) is 17.7 Å². The lowest BCUT2D eigenvalue weighted by atomic mass is 9.96. The van der Waals surface area contributed by atoms with Crippen molar-refractivity contribution >= 4 is 17.1 Å². The van der Waals surface area contributed by atoms with Crippen LogP contribution in [0.2, 0.25) is 0 Å². The largest absolute Gasteiger partial charge is 0.478 e. The third kappa shape index (κ3) is 1.84. The Balaban J connectivity index is 1.91. The average Bonchev–Trinajstić information content (AvgIpc) is 2.64. The van der Waals surface area contributed by atoms with E-state index in [1.165, 1.54) is 18.6 Å². The molecular weight excluding hydrogens is 222 g/mol. The number of ether oxygens (including phenoxy) is 1. The number of aromatic carboxylic acids is 1. The van der Waals surface area contributed by atoms with Crippen LogP contribution in [-0.2, 0) is 0 Å². The summed E-state index contributed by atoms with van der Waals surface area (Å²) in [5.41, 5.74) is 1.24. The molecule has 2 aromatic rings. The zero-order valence-corrected chi connectivity index (χ0v) is 9.05. The summed E-state index contributed by atoms with van der Waals surface area (Å²) < 4.78 is 10.9. The number of carbonyl (C=O) groups is 1. The maximum atomic E-state index is 10.8. The van der Waals surface area contributed by atoms with Crippen LogP contribution in [0.3, 0.4) is 0 Å². The van der Waals surface area contributed by atoms with Crippen molar-refractivity contribution in [1.82, 2.24) is 4.98 Å². The molecule has 5 nitrogen and oxygen atoms in total. The fraction of sp³-hybridized carbons (Fsp3) is 0.333. The number of hydrogen-bond donors (Lipinski definition) is 1. The smallest absolute Gasteiger partial charge is 0.394 e. The van der Waals surface area contributed by atoms with Gasteiger partial charge in [-0.3, -0.25) is 0 Å². The number of rotatable bonds is 3. The Morgan fingerprint density at radius 1 is 1.47 bits per heavy atom. The standard InChI is InChI=1S/C12H11NO4/c14-11(15)7-4-5-9-10(6-7)17-12(13-9)16-8-2-1-3-8/h4-6,8H,1-3H2,(H,14,15). The molecule has 1 saturated carbocycles. The summed E-state index contributed by atoms with van der Waals surface area (Å²) in [7, 11) is 0. The molecule has 88 valence electrons. The van der Waals surface area contributed by atoms with E-state index in [0.717, 1.165) is 12.8 Å². The monoisotopic (exact) mass is 233 g/mol. The third-order valence-electron chi connectivity index (χ3n) is 2.94. The Bertz CT molecular complexity index is 571. The minimum Gasteiger partial charge on any atom is -0.478 e. The molecule has 1 N–H and O–H groups in total. The molecule has 0 unspecified atom stereocenters. The predicted molar refractivity (Wildman–Crippen MR) is 59.2 cm³/mol. The first-order chi connectivity index (χ1) is 8.22. The molecule has 0 spiro atoms. The van der Waals surface area contributed by atoms with Gasteiger partial charge in [0.1, 0.15) is 11.6 Å². The van der Waals surface area contributed by atoms with E-state index in [0.29, 0.717) is 11.1 Å². The highest BCUT2D eigenvalue weighted by atomic mass is 16.6. The SMILES string of the molecule is O=C(O)c1ccc2nc(OC3CCC3)oc2c1. The fourth-order valence-electron chi connectivity index (χ4n) is 1.72. The van der Waals surface area contributed by atoms with Gasteiger partial charge in [-0.05, 0) is 37.5 Å². The first-order valence-corrected chi connectivity index (χ1v) is 5.53. The van der Waals surface area contributed by atoms with Gasteiger partial charge in [-0.15, -0.1) is 0 Å². The van der Waals surface area contributed by atoms with Gasteiger partial charge in [-0.25, -0.2) is 4.79 Å². The van der Waals surface area contributed by atoms with Crippen molar-refractivity contribution in [3.63, 3.8) is 0 Å². The average molecular weight is 233 g/mol. The topological polar surface area (TPSA) is 72.6 Å². The molecule has 1 aliphatic carbocycles. The molecular formula is C12H11NO4. The number of carboxylic acids is 1. The number of benzene rings is 1. The van der Waals surface area contributed by atoms with Crippen LogP contribution in [-0.4, -0.2) is 22.2 Å². The Hall–Kier alpha value is -2.04. The van der Waals surface area contributed by atoms with E-state index < -0.39 is 5.97 Å². The van der Waals surface area contributed by atoms with Crippen molar-refractivity contribution < 1.29 is 19.1 Å².